The third-order valence-electron chi connectivity index (χ3n) is 4.18. The number of rotatable bonds is 4. The molecule has 0 aromatic heterocycles. The van der Waals surface area contributed by atoms with Crippen molar-refractivity contribution in [2.45, 2.75) is 52.1 Å². The lowest BCUT2D eigenvalue weighted by atomic mass is 9.87. The first-order chi connectivity index (χ1) is 9.86. The Labute approximate surface area is 128 Å². The van der Waals surface area contributed by atoms with Crippen LogP contribution in [0.15, 0.2) is 24.3 Å². The van der Waals surface area contributed by atoms with Crippen LogP contribution < -0.4 is 4.90 Å². The molecule has 1 atom stereocenters. The van der Waals surface area contributed by atoms with Gasteiger partial charge < -0.3 is 9.64 Å². The molecular formula is C18H28NO2+. The van der Waals surface area contributed by atoms with Gasteiger partial charge in [0.15, 0.2) is 0 Å². The number of carbonyl (C=O) groups is 1. The average molecular weight is 290 g/mol. The van der Waals surface area contributed by atoms with Gasteiger partial charge in [0, 0.05) is 12.8 Å². The highest BCUT2D eigenvalue weighted by molar-refractivity contribution is 5.89. The summed E-state index contributed by atoms with van der Waals surface area (Å²) in [5.74, 6) is -0.207. The molecule has 0 bridgehead atoms. The standard InChI is InChI=1S/C18H27NO2/c1-14(13-19-11-5-6-12-19)21-17(20)15-7-9-16(10-8-15)18(2,3)4/h7-10,14H,5-6,11-13H2,1-4H3/p+1/t14-/m0/s1. The first-order valence-electron chi connectivity index (χ1n) is 8.01. The summed E-state index contributed by atoms with van der Waals surface area (Å²) in [5.41, 5.74) is 1.98. The average Bonchev–Trinajstić information content (AvgIpc) is 2.90. The minimum Gasteiger partial charge on any atom is -0.453 e. The smallest absolute Gasteiger partial charge is 0.338 e. The third kappa shape index (κ3) is 4.57. The second-order valence-corrected chi connectivity index (χ2v) is 7.20. The maximum absolute atomic E-state index is 12.2. The van der Waals surface area contributed by atoms with Crippen molar-refractivity contribution in [2.75, 3.05) is 19.6 Å². The molecule has 1 N–H and O–H groups in total. The van der Waals surface area contributed by atoms with E-state index in [4.69, 9.17) is 4.74 Å². The van der Waals surface area contributed by atoms with Gasteiger partial charge in [0.1, 0.15) is 12.6 Å². The molecule has 2 rings (SSSR count). The number of esters is 1. The number of benzene rings is 1. The van der Waals surface area contributed by atoms with Crippen LogP contribution in [0.3, 0.4) is 0 Å². The lowest BCUT2D eigenvalue weighted by Gasteiger charge is -2.20. The van der Waals surface area contributed by atoms with E-state index in [-0.39, 0.29) is 17.5 Å². The molecule has 1 aliphatic heterocycles. The van der Waals surface area contributed by atoms with Gasteiger partial charge in [0.05, 0.1) is 18.7 Å². The molecule has 0 saturated carbocycles. The number of hydrogen-bond donors (Lipinski definition) is 1. The lowest BCUT2D eigenvalue weighted by Crippen LogP contribution is -3.11. The van der Waals surface area contributed by atoms with E-state index in [1.54, 1.807) is 4.90 Å². The van der Waals surface area contributed by atoms with Crippen molar-refractivity contribution < 1.29 is 14.4 Å². The monoisotopic (exact) mass is 290 g/mol. The van der Waals surface area contributed by atoms with Gasteiger partial charge in [-0.2, -0.15) is 0 Å². The summed E-state index contributed by atoms with van der Waals surface area (Å²) in [6.45, 7) is 11.8. The van der Waals surface area contributed by atoms with Crippen LogP contribution in [0.4, 0.5) is 0 Å². The normalized spacial score (nSPS) is 17.7. The first kappa shape index (κ1) is 16.0. The summed E-state index contributed by atoms with van der Waals surface area (Å²) in [5, 5.41) is 0. The van der Waals surface area contributed by atoms with E-state index >= 15 is 0 Å². The summed E-state index contributed by atoms with van der Waals surface area (Å²) >= 11 is 0. The minimum atomic E-state index is -0.207. The van der Waals surface area contributed by atoms with Gasteiger partial charge in [-0.25, -0.2) is 4.79 Å². The Morgan fingerprint density at radius 3 is 2.29 bits per heavy atom. The molecule has 1 heterocycles. The molecule has 0 aliphatic carbocycles. The van der Waals surface area contributed by atoms with Gasteiger partial charge >= 0.3 is 5.97 Å². The predicted molar refractivity (Wildman–Crippen MR) is 84.8 cm³/mol. The fraction of sp³-hybridized carbons (Fsp3) is 0.611. The van der Waals surface area contributed by atoms with E-state index in [0.29, 0.717) is 5.56 Å². The van der Waals surface area contributed by atoms with Crippen molar-refractivity contribution in [3.05, 3.63) is 35.4 Å². The second kappa shape index (κ2) is 6.61. The fourth-order valence-corrected chi connectivity index (χ4v) is 2.88. The largest absolute Gasteiger partial charge is 0.453 e. The van der Waals surface area contributed by atoms with E-state index in [0.717, 1.165) is 6.54 Å². The number of quaternary nitrogens is 1. The van der Waals surface area contributed by atoms with E-state index in [9.17, 15) is 4.79 Å². The zero-order chi connectivity index (χ0) is 15.5. The Balaban J connectivity index is 1.90. The molecular weight excluding hydrogens is 262 g/mol. The molecule has 0 amide bonds. The molecule has 116 valence electrons. The van der Waals surface area contributed by atoms with E-state index in [1.807, 2.05) is 31.2 Å². The Bertz CT molecular complexity index is 467. The van der Waals surface area contributed by atoms with Crippen LogP contribution in [-0.4, -0.2) is 31.7 Å². The van der Waals surface area contributed by atoms with Crippen LogP contribution in [0.5, 0.6) is 0 Å². The van der Waals surface area contributed by atoms with Crippen LogP contribution in [0.1, 0.15) is 56.5 Å². The summed E-state index contributed by atoms with van der Waals surface area (Å²) in [7, 11) is 0. The maximum atomic E-state index is 12.2. The van der Waals surface area contributed by atoms with E-state index < -0.39 is 0 Å². The molecule has 1 aliphatic rings. The van der Waals surface area contributed by atoms with Crippen molar-refractivity contribution in [1.29, 1.82) is 0 Å². The first-order valence-corrected chi connectivity index (χ1v) is 8.01. The molecule has 3 heteroatoms. The molecule has 21 heavy (non-hydrogen) atoms. The number of nitrogens with one attached hydrogen (secondary N) is 1. The molecule has 1 aromatic rings. The summed E-state index contributed by atoms with van der Waals surface area (Å²) in [6, 6.07) is 7.79. The molecule has 1 fully saturated rings. The third-order valence-corrected chi connectivity index (χ3v) is 4.18. The van der Waals surface area contributed by atoms with Crippen molar-refractivity contribution in [1.82, 2.24) is 0 Å². The Morgan fingerprint density at radius 1 is 1.19 bits per heavy atom. The number of ether oxygens (including phenoxy) is 1. The van der Waals surface area contributed by atoms with Gasteiger partial charge in [0.25, 0.3) is 0 Å². The Morgan fingerprint density at radius 2 is 1.76 bits per heavy atom. The Hall–Kier alpha value is -1.35. The van der Waals surface area contributed by atoms with Crippen LogP contribution >= 0.6 is 0 Å². The second-order valence-electron chi connectivity index (χ2n) is 7.20. The molecule has 1 saturated heterocycles. The predicted octanol–water partition coefficient (Wildman–Crippen LogP) is 2.21. The zero-order valence-corrected chi connectivity index (χ0v) is 13.7. The van der Waals surface area contributed by atoms with Crippen molar-refractivity contribution >= 4 is 5.97 Å². The number of likely N-dealkylation sites (tertiary alicyclic amines) is 1. The van der Waals surface area contributed by atoms with Gasteiger partial charge in [-0.1, -0.05) is 32.9 Å². The van der Waals surface area contributed by atoms with Crippen LogP contribution in [-0.2, 0) is 10.2 Å². The van der Waals surface area contributed by atoms with E-state index in [2.05, 4.69) is 20.8 Å². The maximum Gasteiger partial charge on any atom is 0.338 e. The molecule has 3 nitrogen and oxygen atoms in total. The number of carbonyl (C=O) groups excluding carboxylic acids is 1. The number of hydrogen-bond acceptors (Lipinski definition) is 2. The Kier molecular flexibility index (Phi) is 5.04. The van der Waals surface area contributed by atoms with Gasteiger partial charge in [0.2, 0.25) is 0 Å². The van der Waals surface area contributed by atoms with Crippen LogP contribution in [0, 0.1) is 0 Å². The fourth-order valence-electron chi connectivity index (χ4n) is 2.88. The highest BCUT2D eigenvalue weighted by Crippen LogP contribution is 2.22. The van der Waals surface area contributed by atoms with Gasteiger partial charge in [-0.3, -0.25) is 0 Å². The van der Waals surface area contributed by atoms with Crippen LogP contribution in [0.2, 0.25) is 0 Å². The van der Waals surface area contributed by atoms with Gasteiger partial charge in [-0.05, 0) is 30.0 Å². The van der Waals surface area contributed by atoms with Crippen molar-refractivity contribution in [2.24, 2.45) is 0 Å². The van der Waals surface area contributed by atoms with Gasteiger partial charge in [-0.15, -0.1) is 0 Å². The quantitative estimate of drug-likeness (QED) is 0.862. The molecule has 0 unspecified atom stereocenters. The summed E-state index contributed by atoms with van der Waals surface area (Å²) < 4.78 is 5.56. The topological polar surface area (TPSA) is 30.7 Å². The minimum absolute atomic E-state index is 0.0205. The molecule has 0 spiro atoms. The van der Waals surface area contributed by atoms with Crippen molar-refractivity contribution in [3.63, 3.8) is 0 Å². The zero-order valence-electron chi connectivity index (χ0n) is 13.7. The van der Waals surface area contributed by atoms with Crippen LogP contribution in [0.25, 0.3) is 0 Å². The van der Waals surface area contributed by atoms with E-state index in [1.165, 1.54) is 31.5 Å². The highest BCUT2D eigenvalue weighted by Gasteiger charge is 2.21. The SMILES string of the molecule is C[C@@H](C[NH+]1CCCC1)OC(=O)c1ccc(C(C)(C)C)cc1. The summed E-state index contributed by atoms with van der Waals surface area (Å²) in [4.78, 5) is 13.7. The molecule has 0 radical (unpaired) electrons. The molecule has 1 aromatic carbocycles. The van der Waals surface area contributed by atoms with Crippen molar-refractivity contribution in [3.8, 4) is 0 Å². The lowest BCUT2D eigenvalue weighted by molar-refractivity contribution is -0.890. The summed E-state index contributed by atoms with van der Waals surface area (Å²) in [6.07, 6.45) is 2.57. The highest BCUT2D eigenvalue weighted by atomic mass is 16.5.